The number of hydrogen-bond donors (Lipinski definition) is 6. The molecule has 4 aromatic carbocycles. The predicted molar refractivity (Wildman–Crippen MR) is 338 cm³/mol. The molecule has 4 aromatic heterocycles. The number of nitrogens with two attached hydrogens (primary N) is 1. The summed E-state index contributed by atoms with van der Waals surface area (Å²) < 4.78 is 79.3. The lowest BCUT2D eigenvalue weighted by molar-refractivity contribution is -0.119. The Balaban J connectivity index is 0.000000269. The van der Waals surface area contributed by atoms with E-state index in [1.807, 2.05) is 38.0 Å². The summed E-state index contributed by atoms with van der Waals surface area (Å²) in [5.41, 5.74) is 9.26. The first-order chi connectivity index (χ1) is 41.0. The highest BCUT2D eigenvalue weighted by Gasteiger charge is 2.23. The number of ketones is 1. The van der Waals surface area contributed by atoms with Gasteiger partial charge in [0.05, 0.1) is 50.7 Å². The Bertz CT molecular complexity index is 3730. The van der Waals surface area contributed by atoms with Crippen molar-refractivity contribution in [3.05, 3.63) is 127 Å². The number of carbonyl (C=O) groups excluding carboxylic acids is 2. The SMILES string of the molecule is CNCCN(C)C.COc1cc(Nc2nc3cccnc3nc2NS(=O)(=O)c2cccc(CC(=O)CN(C)CCN(C)C)c2)cc(OC)c1.COc1cc(Nc2nc3cccnc3nc2NS(=O)(=O)c2cccc(N)c2)cc(OC)c1.O=C(Cl)CCl. The second-order valence-corrected chi connectivity index (χ2v) is 23.1. The van der Waals surface area contributed by atoms with Gasteiger partial charge in [0.25, 0.3) is 20.0 Å². The van der Waals surface area contributed by atoms with E-state index in [0.717, 1.165) is 26.2 Å². The first-order valence-electron chi connectivity index (χ1n) is 26.1. The fourth-order valence-corrected chi connectivity index (χ4v) is 9.53. The van der Waals surface area contributed by atoms with Gasteiger partial charge in [-0.25, -0.2) is 46.7 Å². The minimum Gasteiger partial charge on any atom is -0.497 e. The number of nitrogens with one attached hydrogen (secondary N) is 5. The van der Waals surface area contributed by atoms with Gasteiger partial charge in [-0.1, -0.05) is 18.2 Å². The number of rotatable bonds is 25. The molecule has 0 fully saturated rings. The van der Waals surface area contributed by atoms with Crippen LogP contribution in [0, 0.1) is 0 Å². The van der Waals surface area contributed by atoms with Crippen molar-refractivity contribution in [2.75, 3.05) is 135 Å². The number of aromatic nitrogens is 6. The summed E-state index contributed by atoms with van der Waals surface area (Å²) in [5, 5.41) is 8.76. The normalized spacial score (nSPS) is 11.1. The third-order valence-corrected chi connectivity index (χ3v) is 14.8. The maximum absolute atomic E-state index is 13.5. The predicted octanol–water partition coefficient (Wildman–Crippen LogP) is 7.12. The largest absolute Gasteiger partial charge is 0.497 e. The molecule has 0 saturated carbocycles. The second-order valence-electron chi connectivity index (χ2n) is 19.1. The molecule has 0 unspecified atom stereocenters. The van der Waals surface area contributed by atoms with Crippen LogP contribution in [0.15, 0.2) is 131 Å². The van der Waals surface area contributed by atoms with Crippen molar-refractivity contribution in [3.63, 3.8) is 0 Å². The molecule has 0 aliphatic rings. The molecule has 8 aromatic rings. The molecular weight excluding hydrogens is 1190 g/mol. The summed E-state index contributed by atoms with van der Waals surface area (Å²) in [4.78, 5) is 54.5. The molecule has 25 nitrogen and oxygen atoms in total. The zero-order valence-corrected chi connectivity index (χ0v) is 52.4. The Kier molecular flexibility index (Phi) is 26.6. The molecular formula is C57H71Cl2N15O10S2. The zero-order valence-electron chi connectivity index (χ0n) is 49.3. The van der Waals surface area contributed by atoms with Crippen molar-refractivity contribution >= 4 is 117 Å². The number of halogens is 2. The van der Waals surface area contributed by atoms with E-state index in [1.54, 1.807) is 97.3 Å². The molecule has 0 atom stereocenters. The van der Waals surface area contributed by atoms with Crippen molar-refractivity contribution in [2.45, 2.75) is 16.2 Å². The summed E-state index contributed by atoms with van der Waals surface area (Å²) in [6.07, 6.45) is 3.21. The van der Waals surface area contributed by atoms with Crippen LogP contribution in [-0.4, -0.2) is 182 Å². The highest BCUT2D eigenvalue weighted by atomic mass is 35.5. The van der Waals surface area contributed by atoms with Crippen LogP contribution >= 0.6 is 23.2 Å². The highest BCUT2D eigenvalue weighted by molar-refractivity contribution is 7.93. The average molecular weight is 1260 g/mol. The van der Waals surface area contributed by atoms with Crippen LogP contribution in [0.5, 0.6) is 23.0 Å². The van der Waals surface area contributed by atoms with Gasteiger partial charge in [0.1, 0.15) is 34.0 Å². The number of fused-ring (bicyclic) bond motifs is 2. The second kappa shape index (κ2) is 33.4. The summed E-state index contributed by atoms with van der Waals surface area (Å²) in [5.74, 6) is 2.30. The smallest absolute Gasteiger partial charge is 0.263 e. The van der Waals surface area contributed by atoms with E-state index >= 15 is 0 Å². The van der Waals surface area contributed by atoms with Gasteiger partial charge < -0.3 is 50.4 Å². The van der Waals surface area contributed by atoms with Gasteiger partial charge in [0.2, 0.25) is 5.24 Å². The number of ether oxygens (including phenoxy) is 4. The first-order valence-corrected chi connectivity index (χ1v) is 30.0. The highest BCUT2D eigenvalue weighted by Crippen LogP contribution is 2.33. The van der Waals surface area contributed by atoms with E-state index in [9.17, 15) is 26.4 Å². The number of Topliss-reactive ketones (excluding diaryl/α,β-unsaturated/α-hetero) is 1. The van der Waals surface area contributed by atoms with Gasteiger partial charge in [0, 0.05) is 98.5 Å². The maximum Gasteiger partial charge on any atom is 0.263 e. The summed E-state index contributed by atoms with van der Waals surface area (Å²) in [7, 11) is 9.95. The molecule has 0 spiro atoms. The quantitative estimate of drug-likeness (QED) is 0.0188. The molecule has 4 heterocycles. The monoisotopic (exact) mass is 1260 g/mol. The van der Waals surface area contributed by atoms with Crippen molar-refractivity contribution in [2.24, 2.45) is 0 Å². The number of sulfonamides is 2. The number of nitrogens with zero attached hydrogens (tertiary/aromatic N) is 9. The number of alkyl halides is 1. The molecule has 0 saturated heterocycles. The van der Waals surface area contributed by atoms with Crippen LogP contribution < -0.4 is 50.1 Å². The van der Waals surface area contributed by atoms with Crippen molar-refractivity contribution < 1.29 is 45.4 Å². The third kappa shape index (κ3) is 22.0. The Hall–Kier alpha value is -8.28. The molecule has 7 N–H and O–H groups in total. The minimum atomic E-state index is -4.12. The Morgan fingerprint density at radius 1 is 0.570 bits per heavy atom. The first kappa shape index (κ1) is 68.5. The number of likely N-dealkylation sites (N-methyl/N-ethyl adjacent to an activating group) is 4. The van der Waals surface area contributed by atoms with Crippen LogP contribution in [0.1, 0.15) is 5.56 Å². The number of anilines is 7. The lowest BCUT2D eigenvalue weighted by Gasteiger charge is -2.18. The molecule has 8 rings (SSSR count). The molecule has 0 amide bonds. The number of carbonyl (C=O) groups is 2. The molecule has 86 heavy (non-hydrogen) atoms. The topological polar surface area (TPSA) is 313 Å². The average Bonchev–Trinajstić information content (AvgIpc) is 2.08. The number of methoxy groups -OCH3 is 4. The molecule has 29 heteroatoms. The maximum atomic E-state index is 13.5. The van der Waals surface area contributed by atoms with Crippen molar-refractivity contribution in [1.82, 2.24) is 49.9 Å². The van der Waals surface area contributed by atoms with Crippen LogP contribution in [-0.2, 0) is 36.1 Å². The van der Waals surface area contributed by atoms with Gasteiger partial charge >= 0.3 is 0 Å². The van der Waals surface area contributed by atoms with Gasteiger partial charge in [-0.05, 0) is 114 Å². The van der Waals surface area contributed by atoms with Gasteiger partial charge in [-0.2, -0.15) is 0 Å². The Morgan fingerprint density at radius 3 is 1.41 bits per heavy atom. The van der Waals surface area contributed by atoms with Crippen molar-refractivity contribution in [3.8, 4) is 23.0 Å². The van der Waals surface area contributed by atoms with Gasteiger partial charge in [-0.15, -0.1) is 11.6 Å². The summed E-state index contributed by atoms with van der Waals surface area (Å²) in [6, 6.07) is 29.4. The molecule has 0 aliphatic heterocycles. The minimum absolute atomic E-state index is 0.00517. The number of benzene rings is 4. The Labute approximate surface area is 511 Å². The van der Waals surface area contributed by atoms with E-state index < -0.39 is 25.3 Å². The van der Waals surface area contributed by atoms with Crippen molar-refractivity contribution in [1.29, 1.82) is 0 Å². The van der Waals surface area contributed by atoms with Crippen LogP contribution in [0.25, 0.3) is 22.3 Å². The lowest BCUT2D eigenvalue weighted by atomic mass is 10.1. The van der Waals surface area contributed by atoms with E-state index in [-0.39, 0.29) is 69.0 Å². The zero-order chi connectivity index (χ0) is 63.0. The molecule has 0 aliphatic carbocycles. The molecule has 460 valence electrons. The fraction of sp³-hybridized carbons (Fsp3) is 0.298. The third-order valence-electron chi connectivity index (χ3n) is 11.6. The lowest BCUT2D eigenvalue weighted by Crippen LogP contribution is -2.33. The summed E-state index contributed by atoms with van der Waals surface area (Å²) >= 11 is 9.55. The summed E-state index contributed by atoms with van der Waals surface area (Å²) in [6.45, 7) is 4.05. The van der Waals surface area contributed by atoms with Gasteiger partial charge in [-0.3, -0.25) is 23.9 Å². The van der Waals surface area contributed by atoms with Crippen LogP contribution in [0.2, 0.25) is 0 Å². The number of pyridine rings is 2. The van der Waals surface area contributed by atoms with E-state index in [4.69, 9.17) is 47.9 Å². The van der Waals surface area contributed by atoms with E-state index in [0.29, 0.717) is 56.7 Å². The molecule has 0 bridgehead atoms. The van der Waals surface area contributed by atoms with Crippen LogP contribution in [0.3, 0.4) is 0 Å². The fourth-order valence-electron chi connectivity index (χ4n) is 7.38. The van der Waals surface area contributed by atoms with E-state index in [1.165, 1.54) is 52.7 Å². The van der Waals surface area contributed by atoms with Gasteiger partial charge in [0.15, 0.2) is 40.3 Å². The standard InChI is InChI=1S/C29H35N7O5S.C21H20N6O4S.C5H14N2.C2H2Cl2O/c1-35(2)12-13-36(3)19-22(37)14-20-8-6-9-25(15-20)42(38,39)34-29-28(32-26-10-7-11-30-27(26)33-29)31-21-16-23(40-4)18-24(17-21)41-5;1-30-15-10-14(11-16(12-15)31-2)24-20-21(26-19-18(25-20)7-4-8-23-19)27-32(28,29)17-6-3-5-13(22)9-17;1-6-4-5-7(2)3;3-1-2(4)5/h6-11,15-18H,12-14,19H2,1-5H3,(H,31,32)(H,30,33,34);3-12H,22H2,1-2H3,(H,24,25)(H,23,26,27);6H,4-5H2,1-3H3;1H2. The molecule has 0 radical (unpaired) electrons. The van der Waals surface area contributed by atoms with E-state index in [2.05, 4.69) is 74.3 Å². The van der Waals surface area contributed by atoms with Crippen LogP contribution in [0.4, 0.5) is 40.3 Å². The Morgan fingerprint density at radius 2 is 1.01 bits per heavy atom. The number of hydrogen-bond acceptors (Lipinski definition) is 23. The number of nitrogen functional groups attached to an aromatic ring is 1.